The van der Waals surface area contributed by atoms with Gasteiger partial charge >= 0.3 is 6.09 Å². The number of para-hydroxylation sites is 2. The SMILES string of the molecule is CCCCC(=O)N1Cc2ccccc2-c2nnn(-c3ccccc3COC(=O)NCCCC[C@H](NC)C(=O)NC)c2-c2ccccc21. The second kappa shape index (κ2) is 16.0. The van der Waals surface area contributed by atoms with Crippen LogP contribution in [0.2, 0.25) is 0 Å². The fourth-order valence-electron chi connectivity index (χ4n) is 5.89. The number of alkyl carbamates (subject to hydrolysis) is 1. The lowest BCUT2D eigenvalue weighted by Crippen LogP contribution is -2.41. The summed E-state index contributed by atoms with van der Waals surface area (Å²) in [6, 6.07) is 23.3. The lowest BCUT2D eigenvalue weighted by molar-refractivity contribution is -0.122. The molecule has 4 aromatic rings. The molecule has 3 amide bonds. The first-order chi connectivity index (χ1) is 23.0. The Labute approximate surface area is 275 Å². The van der Waals surface area contributed by atoms with Crippen molar-refractivity contribution in [1.29, 1.82) is 0 Å². The number of hydrogen-bond acceptors (Lipinski definition) is 7. The molecular formula is C36H43N7O4. The molecule has 1 aliphatic rings. The molecule has 0 aliphatic carbocycles. The van der Waals surface area contributed by atoms with E-state index in [9.17, 15) is 14.4 Å². The molecule has 47 heavy (non-hydrogen) atoms. The number of nitrogens with zero attached hydrogens (tertiary/aromatic N) is 4. The van der Waals surface area contributed by atoms with Crippen molar-refractivity contribution in [2.45, 2.75) is 64.6 Å². The summed E-state index contributed by atoms with van der Waals surface area (Å²) in [6.45, 7) is 2.98. The molecule has 0 spiro atoms. The number of aromatic nitrogens is 3. The van der Waals surface area contributed by atoms with Gasteiger partial charge in [-0.1, -0.05) is 79.2 Å². The van der Waals surface area contributed by atoms with Gasteiger partial charge in [0, 0.05) is 36.7 Å². The van der Waals surface area contributed by atoms with E-state index in [1.54, 1.807) is 18.8 Å². The smallest absolute Gasteiger partial charge is 0.407 e. The van der Waals surface area contributed by atoms with E-state index in [1.165, 1.54) is 0 Å². The zero-order valence-electron chi connectivity index (χ0n) is 27.3. The molecule has 0 radical (unpaired) electrons. The van der Waals surface area contributed by atoms with Crippen LogP contribution in [0.3, 0.4) is 0 Å². The summed E-state index contributed by atoms with van der Waals surface area (Å²) in [4.78, 5) is 40.0. The molecule has 1 aromatic heterocycles. The lowest BCUT2D eigenvalue weighted by atomic mass is 9.95. The zero-order chi connectivity index (χ0) is 33.2. The van der Waals surface area contributed by atoms with E-state index in [0.29, 0.717) is 32.4 Å². The maximum absolute atomic E-state index is 13.6. The number of ether oxygens (including phenoxy) is 1. The van der Waals surface area contributed by atoms with Crippen molar-refractivity contribution >= 4 is 23.6 Å². The minimum atomic E-state index is -0.523. The van der Waals surface area contributed by atoms with E-state index in [4.69, 9.17) is 4.74 Å². The summed E-state index contributed by atoms with van der Waals surface area (Å²) in [5, 5.41) is 17.8. The van der Waals surface area contributed by atoms with Gasteiger partial charge in [-0.15, -0.1) is 5.10 Å². The number of amides is 3. The third-order valence-corrected chi connectivity index (χ3v) is 8.45. The lowest BCUT2D eigenvalue weighted by Gasteiger charge is -2.29. The van der Waals surface area contributed by atoms with Crippen molar-refractivity contribution in [3.8, 4) is 28.2 Å². The van der Waals surface area contributed by atoms with Crippen LogP contribution in [-0.4, -0.2) is 59.6 Å². The largest absolute Gasteiger partial charge is 0.445 e. The van der Waals surface area contributed by atoms with E-state index in [-0.39, 0.29) is 24.5 Å². The highest BCUT2D eigenvalue weighted by molar-refractivity contribution is 6.00. The third-order valence-electron chi connectivity index (χ3n) is 8.45. The summed E-state index contributed by atoms with van der Waals surface area (Å²) in [5.74, 6) is 0.0218. The second-order valence-electron chi connectivity index (χ2n) is 11.5. The summed E-state index contributed by atoms with van der Waals surface area (Å²) in [5.41, 5.74) is 6.51. The standard InChI is InChI=1S/C36H43N7O4/c1-4-5-21-32(44)42-23-25-14-6-8-16-27(25)33-34(28-17-9-11-20-31(28)42)43(41-40-33)30-19-10-7-15-26(30)24-47-36(46)39-22-13-12-18-29(37-2)35(45)38-3/h6-11,14-17,19-20,29,37H,4-5,12-13,18,21-24H2,1-3H3,(H,38,45)(H,39,46)/t29-/m0/s1. The van der Waals surface area contributed by atoms with Gasteiger partial charge in [-0.25, -0.2) is 9.48 Å². The van der Waals surface area contributed by atoms with Crippen LogP contribution in [-0.2, 0) is 27.5 Å². The molecule has 5 rings (SSSR count). The average Bonchev–Trinajstić information content (AvgIpc) is 3.53. The molecule has 1 atom stereocenters. The van der Waals surface area contributed by atoms with Crippen LogP contribution in [0.1, 0.15) is 56.6 Å². The normalized spacial score (nSPS) is 12.5. The highest BCUT2D eigenvalue weighted by atomic mass is 16.5. The predicted octanol–water partition coefficient (Wildman–Crippen LogP) is 5.37. The minimum absolute atomic E-state index is 0.0228. The molecular weight excluding hydrogens is 594 g/mol. The summed E-state index contributed by atoms with van der Waals surface area (Å²) < 4.78 is 7.41. The van der Waals surface area contributed by atoms with Crippen LogP contribution in [0, 0.1) is 0 Å². The highest BCUT2D eigenvalue weighted by Gasteiger charge is 2.29. The van der Waals surface area contributed by atoms with Crippen LogP contribution < -0.4 is 20.9 Å². The summed E-state index contributed by atoms with van der Waals surface area (Å²) in [6.07, 6.45) is 3.85. The molecule has 3 aromatic carbocycles. The van der Waals surface area contributed by atoms with Gasteiger partial charge in [-0.05, 0) is 50.4 Å². The monoisotopic (exact) mass is 637 g/mol. The maximum atomic E-state index is 13.6. The summed E-state index contributed by atoms with van der Waals surface area (Å²) in [7, 11) is 3.37. The van der Waals surface area contributed by atoms with Crippen molar-refractivity contribution in [3.05, 3.63) is 83.9 Å². The molecule has 2 heterocycles. The molecule has 11 nitrogen and oxygen atoms in total. The van der Waals surface area contributed by atoms with Gasteiger partial charge in [0.15, 0.2) is 0 Å². The molecule has 1 aliphatic heterocycles. The number of nitrogens with one attached hydrogen (secondary N) is 3. The van der Waals surface area contributed by atoms with E-state index >= 15 is 0 Å². The van der Waals surface area contributed by atoms with E-state index < -0.39 is 6.09 Å². The van der Waals surface area contributed by atoms with Crippen molar-refractivity contribution < 1.29 is 19.1 Å². The number of carbonyl (C=O) groups is 3. The Morgan fingerprint density at radius 3 is 2.38 bits per heavy atom. The number of carbonyl (C=O) groups excluding carboxylic acids is 3. The Morgan fingerprint density at radius 2 is 1.62 bits per heavy atom. The van der Waals surface area contributed by atoms with Gasteiger partial charge in [0.2, 0.25) is 11.8 Å². The van der Waals surface area contributed by atoms with Crippen LogP contribution in [0.15, 0.2) is 72.8 Å². The van der Waals surface area contributed by atoms with Crippen molar-refractivity contribution in [2.75, 3.05) is 25.5 Å². The quantitative estimate of drug-likeness (QED) is 0.168. The Morgan fingerprint density at radius 1 is 0.894 bits per heavy atom. The molecule has 0 saturated carbocycles. The molecule has 0 bridgehead atoms. The topological polar surface area (TPSA) is 130 Å². The Bertz CT molecular complexity index is 1700. The van der Waals surface area contributed by atoms with Gasteiger partial charge in [0.1, 0.15) is 18.0 Å². The van der Waals surface area contributed by atoms with Crippen LogP contribution >= 0.6 is 0 Å². The van der Waals surface area contributed by atoms with Crippen molar-refractivity contribution in [3.63, 3.8) is 0 Å². The van der Waals surface area contributed by atoms with E-state index in [1.807, 2.05) is 77.7 Å². The van der Waals surface area contributed by atoms with Gasteiger partial charge in [-0.2, -0.15) is 0 Å². The fourth-order valence-corrected chi connectivity index (χ4v) is 5.89. The number of anilines is 1. The summed E-state index contributed by atoms with van der Waals surface area (Å²) >= 11 is 0. The van der Waals surface area contributed by atoms with Crippen LogP contribution in [0.4, 0.5) is 10.5 Å². The second-order valence-corrected chi connectivity index (χ2v) is 11.5. The Balaban J connectivity index is 1.39. The first-order valence-electron chi connectivity index (χ1n) is 16.3. The van der Waals surface area contributed by atoms with Gasteiger partial charge in [-0.3, -0.25) is 9.59 Å². The van der Waals surface area contributed by atoms with Crippen molar-refractivity contribution in [1.82, 2.24) is 30.9 Å². The zero-order valence-corrected chi connectivity index (χ0v) is 27.3. The third kappa shape index (κ3) is 7.69. The Hall–Kier alpha value is -5.03. The minimum Gasteiger partial charge on any atom is -0.445 e. The predicted molar refractivity (Wildman–Crippen MR) is 182 cm³/mol. The number of likely N-dealkylation sites (N-methyl/N-ethyl adjacent to an activating group) is 2. The number of rotatable bonds is 13. The highest BCUT2D eigenvalue weighted by Crippen LogP contribution is 2.42. The first kappa shape index (κ1) is 33.3. The molecule has 0 fully saturated rings. The van der Waals surface area contributed by atoms with Crippen LogP contribution in [0.5, 0.6) is 0 Å². The van der Waals surface area contributed by atoms with E-state index in [2.05, 4.69) is 33.2 Å². The fraction of sp³-hybridized carbons (Fsp3) is 0.361. The number of fused-ring (bicyclic) bond motifs is 5. The van der Waals surface area contributed by atoms with Gasteiger partial charge in [0.25, 0.3) is 0 Å². The van der Waals surface area contributed by atoms with Crippen molar-refractivity contribution in [2.24, 2.45) is 0 Å². The van der Waals surface area contributed by atoms with Gasteiger partial charge in [0.05, 0.1) is 24.0 Å². The molecule has 246 valence electrons. The molecule has 0 saturated heterocycles. The first-order valence-corrected chi connectivity index (χ1v) is 16.3. The number of unbranched alkanes of at least 4 members (excludes halogenated alkanes) is 2. The average molecular weight is 638 g/mol. The number of hydrogen-bond donors (Lipinski definition) is 3. The van der Waals surface area contributed by atoms with E-state index in [0.717, 1.165) is 64.3 Å². The Kier molecular flexibility index (Phi) is 11.3. The van der Waals surface area contributed by atoms with Gasteiger partial charge < -0.3 is 25.6 Å². The number of benzene rings is 3. The van der Waals surface area contributed by atoms with Crippen LogP contribution in [0.25, 0.3) is 28.2 Å². The molecule has 11 heteroatoms. The molecule has 0 unspecified atom stereocenters. The molecule has 3 N–H and O–H groups in total. The maximum Gasteiger partial charge on any atom is 0.407 e.